The van der Waals surface area contributed by atoms with Gasteiger partial charge >= 0.3 is 37.7 Å². The van der Waals surface area contributed by atoms with Crippen molar-refractivity contribution in [1.29, 1.82) is 0 Å². The number of carbonyl (C=O) groups excluding carboxylic acids is 1. The molecule has 0 aromatic rings. The number of unbranched alkanes of at least 4 members (excludes halogenated alkanes) is 2. The molecule has 0 N–H and O–H groups in total. The van der Waals surface area contributed by atoms with E-state index in [1.165, 1.54) is 0 Å². The summed E-state index contributed by atoms with van der Waals surface area (Å²) in [6, 6.07) is 0. The molecule has 0 unspecified atom stereocenters. The van der Waals surface area contributed by atoms with Crippen LogP contribution in [0.25, 0.3) is 0 Å². The van der Waals surface area contributed by atoms with Gasteiger partial charge in [-0.25, -0.2) is 0 Å². The van der Waals surface area contributed by atoms with Crippen molar-refractivity contribution in [2.24, 2.45) is 0 Å². The van der Waals surface area contributed by atoms with Crippen LogP contribution in [0.15, 0.2) is 0 Å². The quantitative estimate of drug-likeness (QED) is 0.306. The molecule has 0 saturated carbocycles. The Kier molecular flexibility index (Phi) is 15.5. The molecule has 0 fully saturated rings. The van der Waals surface area contributed by atoms with Gasteiger partial charge in [-0.2, -0.15) is 0 Å². The van der Waals surface area contributed by atoms with Crippen LogP contribution in [0.5, 0.6) is 0 Å². The number of hydrogen-bond acceptors (Lipinski definition) is 1. The number of rotatable bonds is 3. The molecular weight excluding hydrogens is 116 g/mol. The Labute approximate surface area is 74.5 Å². The van der Waals surface area contributed by atoms with Crippen LogP contribution in [-0.2, 0) is 4.79 Å². The van der Waals surface area contributed by atoms with Crippen molar-refractivity contribution < 1.29 is 4.79 Å². The molecule has 7 heavy (non-hydrogen) atoms. The summed E-state index contributed by atoms with van der Waals surface area (Å²) in [5.41, 5.74) is 0. The zero-order chi connectivity index (χ0) is 4.83. The van der Waals surface area contributed by atoms with Gasteiger partial charge in [0.1, 0.15) is 6.29 Å². The molecule has 0 spiro atoms. The van der Waals surface area contributed by atoms with Crippen LogP contribution in [0.4, 0.5) is 0 Å². The van der Waals surface area contributed by atoms with E-state index in [0.29, 0.717) is 0 Å². The van der Waals surface area contributed by atoms with Crippen LogP contribution in [-0.4, -0.2) is 44.0 Å². The molecule has 0 saturated heterocycles. The maximum absolute atomic E-state index is 9.56. The topological polar surface area (TPSA) is 17.1 Å². The molecule has 0 aromatic heterocycles. The van der Waals surface area contributed by atoms with E-state index in [1.54, 1.807) is 0 Å². The molecule has 0 rings (SSSR count). The predicted molar refractivity (Wildman–Crippen MR) is 34.1 cm³/mol. The van der Waals surface area contributed by atoms with E-state index in [2.05, 4.69) is 6.92 Å². The van der Waals surface area contributed by atoms with Crippen LogP contribution in [0.2, 0.25) is 0 Å². The molecule has 0 bridgehead atoms. The van der Waals surface area contributed by atoms with Gasteiger partial charge in [0, 0.05) is 6.42 Å². The van der Waals surface area contributed by atoms with Gasteiger partial charge in [0.05, 0.1) is 0 Å². The first kappa shape index (κ1) is 10.8. The Hall–Kier alpha value is 0.930. The van der Waals surface area contributed by atoms with Crippen LogP contribution in [0.3, 0.4) is 0 Å². The first-order chi connectivity index (χ1) is 2.91. The molecule has 0 heterocycles. The number of aldehydes is 1. The fraction of sp³-hybridized carbons (Fsp3) is 0.800. The van der Waals surface area contributed by atoms with Crippen molar-refractivity contribution in [3.63, 3.8) is 0 Å². The second-order valence-corrected chi connectivity index (χ2v) is 1.31. The van der Waals surface area contributed by atoms with E-state index in [4.69, 9.17) is 0 Å². The van der Waals surface area contributed by atoms with Crippen molar-refractivity contribution in [2.45, 2.75) is 26.2 Å². The normalized spacial score (nSPS) is 7.00. The second-order valence-electron chi connectivity index (χ2n) is 1.31. The zero-order valence-corrected chi connectivity index (χ0v) is 4.11. The molecule has 40 valence electrons. The molecule has 0 aliphatic carbocycles. The summed E-state index contributed by atoms with van der Waals surface area (Å²) in [6.07, 6.45) is 3.86. The van der Waals surface area contributed by atoms with Gasteiger partial charge in [-0.3, -0.25) is 0 Å². The Bertz CT molecular complexity index is 37.1. The van der Waals surface area contributed by atoms with E-state index >= 15 is 0 Å². The first-order valence-corrected chi connectivity index (χ1v) is 2.35. The third kappa shape index (κ3) is 10.9. The molecule has 0 radical (unpaired) electrons. The van der Waals surface area contributed by atoms with Gasteiger partial charge in [-0.1, -0.05) is 13.3 Å². The zero-order valence-electron chi connectivity index (χ0n) is 4.11. The van der Waals surface area contributed by atoms with Crippen LogP contribution in [0, 0.1) is 0 Å². The Morgan fingerprint density at radius 2 is 2.14 bits per heavy atom. The molecular formula is C5H12CaO. The van der Waals surface area contributed by atoms with E-state index in [0.717, 1.165) is 25.5 Å². The van der Waals surface area contributed by atoms with Crippen molar-refractivity contribution in [1.82, 2.24) is 0 Å². The molecule has 0 aromatic carbocycles. The number of carbonyl (C=O) groups is 1. The minimum atomic E-state index is 0. The maximum atomic E-state index is 9.56. The van der Waals surface area contributed by atoms with E-state index in [-0.39, 0.29) is 37.7 Å². The Morgan fingerprint density at radius 1 is 1.57 bits per heavy atom. The van der Waals surface area contributed by atoms with Gasteiger partial charge in [-0.05, 0) is 6.42 Å². The monoisotopic (exact) mass is 128 g/mol. The summed E-state index contributed by atoms with van der Waals surface area (Å²) >= 11 is 0. The Balaban J connectivity index is 0. The molecule has 0 atom stereocenters. The van der Waals surface area contributed by atoms with Crippen LogP contribution < -0.4 is 0 Å². The van der Waals surface area contributed by atoms with Gasteiger partial charge in [0.15, 0.2) is 0 Å². The van der Waals surface area contributed by atoms with Gasteiger partial charge < -0.3 is 4.79 Å². The summed E-state index contributed by atoms with van der Waals surface area (Å²) in [6.45, 7) is 2.07. The molecule has 0 aliphatic rings. The van der Waals surface area contributed by atoms with Crippen LogP contribution >= 0.6 is 0 Å². The van der Waals surface area contributed by atoms with Crippen molar-refractivity contribution in [2.75, 3.05) is 0 Å². The molecule has 0 aliphatic heterocycles. The van der Waals surface area contributed by atoms with E-state index < -0.39 is 0 Å². The molecule has 0 amide bonds. The van der Waals surface area contributed by atoms with Crippen molar-refractivity contribution in [3.05, 3.63) is 0 Å². The average Bonchev–Trinajstić information content (AvgIpc) is 1.61. The SMILES string of the molecule is CCCCC=O.[CaH2]. The van der Waals surface area contributed by atoms with E-state index in [9.17, 15) is 4.79 Å². The third-order valence-electron chi connectivity index (χ3n) is 0.676. The van der Waals surface area contributed by atoms with Crippen molar-refractivity contribution in [3.8, 4) is 0 Å². The van der Waals surface area contributed by atoms with Gasteiger partial charge in [0.2, 0.25) is 0 Å². The first-order valence-electron chi connectivity index (χ1n) is 2.35. The van der Waals surface area contributed by atoms with E-state index in [1.807, 2.05) is 0 Å². The van der Waals surface area contributed by atoms with Crippen LogP contribution in [0.1, 0.15) is 26.2 Å². The standard InChI is InChI=1S/C5H10O.Ca.2H/c1-2-3-4-5-6;;;/h5H,2-4H2,1H3;;;. The van der Waals surface area contributed by atoms with Crippen molar-refractivity contribution >= 4 is 44.0 Å². The van der Waals surface area contributed by atoms with Gasteiger partial charge in [-0.15, -0.1) is 0 Å². The summed E-state index contributed by atoms with van der Waals surface area (Å²) in [5, 5.41) is 0. The van der Waals surface area contributed by atoms with Gasteiger partial charge in [0.25, 0.3) is 0 Å². The average molecular weight is 128 g/mol. The summed E-state index contributed by atoms with van der Waals surface area (Å²) in [5.74, 6) is 0. The molecule has 1 nitrogen and oxygen atoms in total. The third-order valence-corrected chi connectivity index (χ3v) is 0.676. The molecule has 2 heteroatoms. The number of hydrogen-bond donors (Lipinski definition) is 0. The summed E-state index contributed by atoms with van der Waals surface area (Å²) < 4.78 is 0. The fourth-order valence-corrected chi connectivity index (χ4v) is 0.287. The predicted octanol–water partition coefficient (Wildman–Crippen LogP) is 0.459. The summed E-state index contributed by atoms with van der Waals surface area (Å²) in [4.78, 5) is 9.56. The minimum absolute atomic E-state index is 0. The Morgan fingerprint density at radius 3 is 2.29 bits per heavy atom. The second kappa shape index (κ2) is 10.0. The fourth-order valence-electron chi connectivity index (χ4n) is 0.287. The summed E-state index contributed by atoms with van der Waals surface area (Å²) in [7, 11) is 0.